The molecule has 0 aliphatic rings. The topological polar surface area (TPSA) is 182 Å². The fourth-order valence-electron chi connectivity index (χ4n) is 3.69. The number of alkyl halides is 16. The van der Waals surface area contributed by atoms with Gasteiger partial charge in [0, 0.05) is 24.3 Å². The van der Waals surface area contributed by atoms with Crippen LogP contribution in [0.1, 0.15) is 13.8 Å². The van der Waals surface area contributed by atoms with E-state index in [1.54, 1.807) is 0 Å². The molecule has 0 aliphatic heterocycles. The van der Waals surface area contributed by atoms with Crippen LogP contribution in [0.3, 0.4) is 0 Å². The molecular formula is C32H32F16N2O12. The summed E-state index contributed by atoms with van der Waals surface area (Å²) in [6.45, 7) is 1.64. The molecule has 0 aromatic heterocycles. The van der Waals surface area contributed by atoms with Crippen LogP contribution in [0.2, 0.25) is 0 Å². The van der Waals surface area contributed by atoms with Crippen molar-refractivity contribution in [1.29, 1.82) is 0 Å². The quantitative estimate of drug-likeness (QED) is 0.0476. The third kappa shape index (κ3) is 12.4. The van der Waals surface area contributed by atoms with E-state index in [2.05, 4.69) is 54.7 Å². The molecule has 0 bridgehead atoms. The number of alkyl carbamates (subject to hydrolysis) is 2. The van der Waals surface area contributed by atoms with Crippen molar-refractivity contribution >= 4 is 36.1 Å². The molecule has 0 spiro atoms. The van der Waals surface area contributed by atoms with E-state index in [-0.39, 0.29) is 0 Å². The molecule has 0 saturated carbocycles. The van der Waals surface area contributed by atoms with Gasteiger partial charge in [0.15, 0.2) is 13.2 Å². The Labute approximate surface area is 337 Å². The first-order valence-corrected chi connectivity index (χ1v) is 15.9. The Bertz CT molecular complexity index is 1550. The summed E-state index contributed by atoms with van der Waals surface area (Å²) >= 11 is 0. The number of ether oxygens (including phenoxy) is 6. The minimum atomic E-state index is -8.88. The summed E-state index contributed by atoms with van der Waals surface area (Å²) in [5, 5.41) is 2.85. The molecule has 62 heavy (non-hydrogen) atoms. The van der Waals surface area contributed by atoms with Gasteiger partial charge in [-0.2, -0.15) is 70.2 Å². The number of hydrogen-bond donors (Lipinski definition) is 2. The number of carbonyl (C=O) groups is 6. The molecule has 0 heterocycles. The van der Waals surface area contributed by atoms with Crippen molar-refractivity contribution in [2.24, 2.45) is 0 Å². The van der Waals surface area contributed by atoms with Crippen LogP contribution in [-0.4, -0.2) is 134 Å². The van der Waals surface area contributed by atoms with E-state index in [0.717, 1.165) is 13.8 Å². The molecule has 30 heteroatoms. The van der Waals surface area contributed by atoms with E-state index in [9.17, 15) is 99.0 Å². The van der Waals surface area contributed by atoms with Gasteiger partial charge in [-0.25, -0.2) is 28.8 Å². The number of hydrogen-bond acceptors (Lipinski definition) is 12. The predicted octanol–water partition coefficient (Wildman–Crippen LogP) is 5.96. The number of carbonyl (C=O) groups excluding carboxylic acids is 6. The number of esters is 4. The van der Waals surface area contributed by atoms with Gasteiger partial charge in [-0.3, -0.25) is 0 Å². The van der Waals surface area contributed by atoms with Crippen molar-refractivity contribution in [3.05, 3.63) is 50.6 Å². The fourth-order valence-corrected chi connectivity index (χ4v) is 3.69. The van der Waals surface area contributed by atoms with Gasteiger partial charge < -0.3 is 39.1 Å². The van der Waals surface area contributed by atoms with Crippen LogP contribution >= 0.6 is 0 Å². The lowest BCUT2D eigenvalue weighted by Crippen LogP contribution is -2.75. The Kier molecular flexibility index (Phi) is 18.1. The van der Waals surface area contributed by atoms with Crippen LogP contribution in [0.4, 0.5) is 79.8 Å². The summed E-state index contributed by atoms with van der Waals surface area (Å²) in [6, 6.07) is 0. The van der Waals surface area contributed by atoms with Gasteiger partial charge in [-0.15, -0.1) is 0 Å². The standard InChI is InChI=1S/C32H32F16N2O12/c1-7-17(51)57-11-23(5,12-58-18(52)8-2)49-21(55)61-15-25(33,34)27(37,38)29(41,42)31(45,46)32(47,48)30(43,44)28(39,40)26(35,36)16-62-22(56)50-24(6,13-59-19(53)9-3)14-60-20(54)10-4/h7-10H,1-4,11-16H2,5-6H3,(H,49,55)(H,50,56). The van der Waals surface area contributed by atoms with Crippen molar-refractivity contribution in [2.45, 2.75) is 72.3 Å². The average Bonchev–Trinajstić information content (AvgIpc) is 3.18. The molecule has 2 amide bonds. The monoisotopic (exact) mass is 940 g/mol. The molecule has 0 aliphatic carbocycles. The highest BCUT2D eigenvalue weighted by atomic mass is 19.4. The van der Waals surface area contributed by atoms with Gasteiger partial charge in [-0.1, -0.05) is 26.3 Å². The molecule has 0 aromatic carbocycles. The van der Waals surface area contributed by atoms with Gasteiger partial charge in [0.05, 0.1) is 0 Å². The summed E-state index contributed by atoms with van der Waals surface area (Å²) in [5.74, 6) is -70.7. The molecule has 0 aromatic rings. The first-order valence-electron chi connectivity index (χ1n) is 15.9. The predicted molar refractivity (Wildman–Crippen MR) is 170 cm³/mol. The molecule has 14 nitrogen and oxygen atoms in total. The van der Waals surface area contributed by atoms with Crippen LogP contribution in [0.25, 0.3) is 0 Å². The lowest BCUT2D eigenvalue weighted by molar-refractivity contribution is -0.454. The van der Waals surface area contributed by atoms with Gasteiger partial charge in [0.2, 0.25) is 0 Å². The Balaban J connectivity index is 6.47. The van der Waals surface area contributed by atoms with E-state index >= 15 is 0 Å². The van der Waals surface area contributed by atoms with Crippen molar-refractivity contribution in [2.75, 3.05) is 39.6 Å². The smallest absolute Gasteiger partial charge is 0.408 e. The van der Waals surface area contributed by atoms with E-state index < -0.39 is 134 Å². The number of amides is 2. The Morgan fingerprint density at radius 1 is 0.371 bits per heavy atom. The van der Waals surface area contributed by atoms with E-state index in [4.69, 9.17) is 0 Å². The average molecular weight is 941 g/mol. The second-order valence-corrected chi connectivity index (χ2v) is 12.6. The maximum atomic E-state index is 14.4. The molecular weight excluding hydrogens is 908 g/mol. The molecule has 0 saturated heterocycles. The largest absolute Gasteiger partial charge is 0.460 e. The number of rotatable bonds is 25. The van der Waals surface area contributed by atoms with Gasteiger partial charge >= 0.3 is 83.4 Å². The van der Waals surface area contributed by atoms with E-state index in [1.165, 1.54) is 10.6 Å². The maximum Gasteiger partial charge on any atom is 0.408 e. The molecule has 0 fully saturated rings. The van der Waals surface area contributed by atoms with Crippen LogP contribution in [0.5, 0.6) is 0 Å². The molecule has 354 valence electrons. The summed E-state index contributed by atoms with van der Waals surface area (Å²) in [5.41, 5.74) is -4.66. The highest BCUT2D eigenvalue weighted by Crippen LogP contribution is 2.63. The highest BCUT2D eigenvalue weighted by molar-refractivity contribution is 5.82. The second-order valence-electron chi connectivity index (χ2n) is 12.6. The molecule has 2 N–H and O–H groups in total. The zero-order chi connectivity index (χ0) is 49.2. The minimum Gasteiger partial charge on any atom is -0.460 e. The number of halogens is 16. The third-order valence-electron chi connectivity index (χ3n) is 7.27. The van der Waals surface area contributed by atoms with E-state index in [0.29, 0.717) is 24.3 Å². The van der Waals surface area contributed by atoms with Gasteiger partial charge in [0.1, 0.15) is 37.5 Å². The highest BCUT2D eigenvalue weighted by Gasteiger charge is 2.95. The summed E-state index contributed by atoms with van der Waals surface area (Å²) < 4.78 is 256. The van der Waals surface area contributed by atoms with E-state index in [1.807, 2.05) is 0 Å². The van der Waals surface area contributed by atoms with Crippen LogP contribution in [0, 0.1) is 0 Å². The van der Waals surface area contributed by atoms with Crippen LogP contribution < -0.4 is 10.6 Å². The third-order valence-corrected chi connectivity index (χ3v) is 7.27. The summed E-state index contributed by atoms with van der Waals surface area (Å²) in [4.78, 5) is 69.5. The summed E-state index contributed by atoms with van der Waals surface area (Å²) in [6.07, 6.45) is -2.97. The van der Waals surface area contributed by atoms with Crippen molar-refractivity contribution in [1.82, 2.24) is 10.6 Å². The van der Waals surface area contributed by atoms with Crippen LogP contribution in [0.15, 0.2) is 50.6 Å². The molecule has 0 atom stereocenters. The lowest BCUT2D eigenvalue weighted by atomic mass is 9.88. The van der Waals surface area contributed by atoms with Crippen molar-refractivity contribution in [3.63, 3.8) is 0 Å². The SMILES string of the molecule is C=CC(=O)OCC(C)(COC(=O)C=C)NC(=O)OCC(F)(F)C(F)(F)C(F)(F)C(F)(F)C(F)(F)C(F)(F)C(F)(F)C(F)(F)COC(=O)NC(C)(COC(=O)C=C)COC(=O)C=C. The van der Waals surface area contributed by atoms with Crippen molar-refractivity contribution < 1.29 is 127 Å². The molecule has 0 unspecified atom stereocenters. The van der Waals surface area contributed by atoms with Crippen molar-refractivity contribution in [3.8, 4) is 0 Å². The summed E-state index contributed by atoms with van der Waals surface area (Å²) in [7, 11) is 0. The first-order chi connectivity index (χ1) is 27.8. The van der Waals surface area contributed by atoms with Gasteiger partial charge in [-0.05, 0) is 13.8 Å². The minimum absolute atomic E-state index is 0.497. The number of nitrogens with one attached hydrogen (secondary N) is 2. The normalized spacial score (nSPS) is 13.4. The molecule has 0 rings (SSSR count). The van der Waals surface area contributed by atoms with Crippen LogP contribution in [-0.2, 0) is 47.6 Å². The zero-order valence-corrected chi connectivity index (χ0v) is 31.3. The zero-order valence-electron chi connectivity index (χ0n) is 31.3. The first kappa shape index (κ1) is 56.3. The lowest BCUT2D eigenvalue weighted by Gasteiger charge is -2.43. The second kappa shape index (κ2) is 20.0. The Morgan fingerprint density at radius 3 is 0.758 bits per heavy atom. The maximum absolute atomic E-state index is 14.4. The van der Waals surface area contributed by atoms with Gasteiger partial charge in [0.25, 0.3) is 0 Å². The Hall–Kier alpha value is -5.74. The molecule has 0 radical (unpaired) electrons. The fraction of sp³-hybridized carbons (Fsp3) is 0.562. The Morgan fingerprint density at radius 2 is 0.565 bits per heavy atom.